The van der Waals surface area contributed by atoms with Crippen LogP contribution in [0.15, 0.2) is 48.5 Å². The molecule has 0 unspecified atom stereocenters. The first-order chi connectivity index (χ1) is 7.75. The highest BCUT2D eigenvalue weighted by Crippen LogP contribution is 2.13. The molecule has 82 valence electrons. The lowest BCUT2D eigenvalue weighted by atomic mass is 10.2. The molecule has 1 nitrogen and oxygen atoms in total. The molecule has 0 radical (unpaired) electrons. The SMILES string of the molecule is Fc1ccc(COc2ccccc2)cc1F. The molecule has 0 amide bonds. The Balaban J connectivity index is 2.03. The number of ether oxygens (including phenoxy) is 1. The molecule has 0 fully saturated rings. The van der Waals surface area contributed by atoms with E-state index in [4.69, 9.17) is 4.74 Å². The third kappa shape index (κ3) is 2.57. The summed E-state index contributed by atoms with van der Waals surface area (Å²) in [7, 11) is 0. The van der Waals surface area contributed by atoms with E-state index in [1.165, 1.54) is 6.07 Å². The minimum absolute atomic E-state index is 0.223. The second-order valence-corrected chi connectivity index (χ2v) is 3.35. The van der Waals surface area contributed by atoms with Gasteiger partial charge in [-0.1, -0.05) is 24.3 Å². The molecule has 2 aromatic rings. The minimum atomic E-state index is -0.853. The van der Waals surface area contributed by atoms with Gasteiger partial charge in [0.25, 0.3) is 0 Å². The number of rotatable bonds is 3. The number of hydrogen-bond donors (Lipinski definition) is 0. The molecule has 0 saturated carbocycles. The van der Waals surface area contributed by atoms with Gasteiger partial charge in [0, 0.05) is 0 Å². The minimum Gasteiger partial charge on any atom is -0.489 e. The normalized spacial score (nSPS) is 10.1. The van der Waals surface area contributed by atoms with Gasteiger partial charge in [0.05, 0.1) is 0 Å². The van der Waals surface area contributed by atoms with Gasteiger partial charge in [0.2, 0.25) is 0 Å². The molecule has 2 rings (SSSR count). The molecule has 0 aliphatic carbocycles. The average molecular weight is 220 g/mol. The topological polar surface area (TPSA) is 9.23 Å². The van der Waals surface area contributed by atoms with E-state index in [2.05, 4.69) is 0 Å². The second-order valence-electron chi connectivity index (χ2n) is 3.35. The zero-order valence-electron chi connectivity index (χ0n) is 8.49. The largest absolute Gasteiger partial charge is 0.489 e. The van der Waals surface area contributed by atoms with Gasteiger partial charge in [0.1, 0.15) is 12.4 Å². The third-order valence-corrected chi connectivity index (χ3v) is 2.13. The quantitative estimate of drug-likeness (QED) is 0.768. The van der Waals surface area contributed by atoms with Crippen molar-refractivity contribution in [1.29, 1.82) is 0 Å². The Kier molecular flexibility index (Phi) is 3.15. The van der Waals surface area contributed by atoms with Crippen LogP contribution in [0.5, 0.6) is 5.75 Å². The summed E-state index contributed by atoms with van der Waals surface area (Å²) in [6.45, 7) is 0.223. The van der Waals surface area contributed by atoms with E-state index in [0.29, 0.717) is 11.3 Å². The van der Waals surface area contributed by atoms with Crippen LogP contribution in [0.1, 0.15) is 5.56 Å². The lowest BCUT2D eigenvalue weighted by Gasteiger charge is -2.06. The summed E-state index contributed by atoms with van der Waals surface area (Å²) in [5, 5.41) is 0. The van der Waals surface area contributed by atoms with Gasteiger partial charge < -0.3 is 4.74 Å². The van der Waals surface area contributed by atoms with E-state index in [-0.39, 0.29) is 6.61 Å². The molecule has 0 aliphatic heterocycles. The molecule has 0 aliphatic rings. The van der Waals surface area contributed by atoms with E-state index < -0.39 is 11.6 Å². The third-order valence-electron chi connectivity index (χ3n) is 2.13. The molecule has 0 bridgehead atoms. The molecule has 0 spiro atoms. The molecular formula is C13H10F2O. The predicted molar refractivity (Wildman–Crippen MR) is 57.1 cm³/mol. The van der Waals surface area contributed by atoms with E-state index in [1.807, 2.05) is 18.2 Å². The first kappa shape index (κ1) is 10.6. The van der Waals surface area contributed by atoms with Crippen molar-refractivity contribution in [3.63, 3.8) is 0 Å². The molecule has 0 aromatic heterocycles. The summed E-state index contributed by atoms with van der Waals surface area (Å²) in [5.41, 5.74) is 0.600. The van der Waals surface area contributed by atoms with Gasteiger partial charge in [-0.3, -0.25) is 0 Å². The van der Waals surface area contributed by atoms with Gasteiger partial charge >= 0.3 is 0 Å². The smallest absolute Gasteiger partial charge is 0.159 e. The van der Waals surface area contributed by atoms with Gasteiger partial charge in [-0.25, -0.2) is 8.78 Å². The van der Waals surface area contributed by atoms with Crippen molar-refractivity contribution in [2.45, 2.75) is 6.61 Å². The highest BCUT2D eigenvalue weighted by atomic mass is 19.2. The van der Waals surface area contributed by atoms with Crippen LogP contribution in [0.3, 0.4) is 0 Å². The van der Waals surface area contributed by atoms with Crippen molar-refractivity contribution < 1.29 is 13.5 Å². The van der Waals surface area contributed by atoms with E-state index in [1.54, 1.807) is 12.1 Å². The lowest BCUT2D eigenvalue weighted by molar-refractivity contribution is 0.305. The Bertz CT molecular complexity index is 469. The second kappa shape index (κ2) is 4.75. The van der Waals surface area contributed by atoms with Crippen LogP contribution >= 0.6 is 0 Å². The maximum absolute atomic E-state index is 12.9. The molecule has 2 aromatic carbocycles. The van der Waals surface area contributed by atoms with Crippen molar-refractivity contribution in [2.24, 2.45) is 0 Å². The summed E-state index contributed by atoms with van der Waals surface area (Å²) >= 11 is 0. The fraction of sp³-hybridized carbons (Fsp3) is 0.0769. The van der Waals surface area contributed by atoms with Crippen LogP contribution in [0.4, 0.5) is 8.78 Å². The fourth-order valence-electron chi connectivity index (χ4n) is 1.31. The Morgan fingerprint density at radius 2 is 1.62 bits per heavy atom. The molecule has 0 atom stereocenters. The standard InChI is InChI=1S/C13H10F2O/c14-12-7-6-10(8-13(12)15)9-16-11-4-2-1-3-5-11/h1-8H,9H2. The van der Waals surface area contributed by atoms with Gasteiger partial charge in [-0.2, -0.15) is 0 Å². The van der Waals surface area contributed by atoms with Crippen LogP contribution in [0.25, 0.3) is 0 Å². The maximum atomic E-state index is 12.9. The first-order valence-corrected chi connectivity index (χ1v) is 4.87. The van der Waals surface area contributed by atoms with Crippen LogP contribution in [0, 0.1) is 11.6 Å². The summed E-state index contributed by atoms with van der Waals surface area (Å²) in [4.78, 5) is 0. The molecule has 0 saturated heterocycles. The Morgan fingerprint density at radius 1 is 0.875 bits per heavy atom. The van der Waals surface area contributed by atoms with Crippen LogP contribution < -0.4 is 4.74 Å². The predicted octanol–water partition coefficient (Wildman–Crippen LogP) is 3.54. The van der Waals surface area contributed by atoms with E-state index >= 15 is 0 Å². The van der Waals surface area contributed by atoms with Crippen LogP contribution in [-0.4, -0.2) is 0 Å². The van der Waals surface area contributed by atoms with Crippen LogP contribution in [0.2, 0.25) is 0 Å². The number of halogens is 2. The highest BCUT2D eigenvalue weighted by Gasteiger charge is 2.02. The number of hydrogen-bond acceptors (Lipinski definition) is 1. The van der Waals surface area contributed by atoms with E-state index in [0.717, 1.165) is 12.1 Å². The van der Waals surface area contributed by atoms with E-state index in [9.17, 15) is 8.78 Å². The van der Waals surface area contributed by atoms with Crippen molar-refractivity contribution in [3.8, 4) is 5.75 Å². The molecular weight excluding hydrogens is 210 g/mol. The Hall–Kier alpha value is -1.90. The number of benzene rings is 2. The molecule has 3 heteroatoms. The van der Waals surface area contributed by atoms with Crippen molar-refractivity contribution in [1.82, 2.24) is 0 Å². The molecule has 0 heterocycles. The van der Waals surface area contributed by atoms with Gasteiger partial charge in [0.15, 0.2) is 11.6 Å². The maximum Gasteiger partial charge on any atom is 0.159 e. The Morgan fingerprint density at radius 3 is 2.31 bits per heavy atom. The monoisotopic (exact) mass is 220 g/mol. The summed E-state index contributed by atoms with van der Waals surface area (Å²) in [6, 6.07) is 12.9. The van der Waals surface area contributed by atoms with Crippen molar-refractivity contribution in [2.75, 3.05) is 0 Å². The lowest BCUT2D eigenvalue weighted by Crippen LogP contribution is -1.96. The van der Waals surface area contributed by atoms with Crippen molar-refractivity contribution >= 4 is 0 Å². The van der Waals surface area contributed by atoms with Gasteiger partial charge in [-0.15, -0.1) is 0 Å². The summed E-state index contributed by atoms with van der Waals surface area (Å²) in [5.74, 6) is -0.996. The molecule has 16 heavy (non-hydrogen) atoms. The first-order valence-electron chi connectivity index (χ1n) is 4.87. The summed E-state index contributed by atoms with van der Waals surface area (Å²) in [6.07, 6.45) is 0. The highest BCUT2D eigenvalue weighted by molar-refractivity contribution is 5.22. The zero-order valence-corrected chi connectivity index (χ0v) is 8.49. The average Bonchev–Trinajstić information content (AvgIpc) is 2.32. The van der Waals surface area contributed by atoms with Gasteiger partial charge in [-0.05, 0) is 29.8 Å². The number of para-hydroxylation sites is 1. The van der Waals surface area contributed by atoms with Crippen molar-refractivity contribution in [3.05, 3.63) is 65.7 Å². The Labute approximate surface area is 92.3 Å². The summed E-state index contributed by atoms with van der Waals surface area (Å²) < 4.78 is 30.9. The van der Waals surface area contributed by atoms with Crippen LogP contribution in [-0.2, 0) is 6.61 Å². The fourth-order valence-corrected chi connectivity index (χ4v) is 1.31. The zero-order chi connectivity index (χ0) is 11.4. The molecule has 0 N–H and O–H groups in total.